The standard InChI is InChI=1S/C17H11ClF3NO3S/c18-12-3-2-10(6-11(12)17(19,20)21)26-8-14(23)9-1-4-15-13(5-9)22-16(24)7-25-15/h1-6H,7-8H2,(H,22,24). The minimum absolute atomic E-state index is 0.0630. The molecule has 0 atom stereocenters. The van der Waals surface area contributed by atoms with E-state index < -0.39 is 16.8 Å². The highest BCUT2D eigenvalue weighted by Gasteiger charge is 2.33. The summed E-state index contributed by atoms with van der Waals surface area (Å²) in [5.41, 5.74) is -0.222. The second kappa shape index (κ2) is 7.20. The SMILES string of the molecule is O=C1COc2ccc(C(=O)CSc3ccc(Cl)c(C(F)(F)F)c3)cc2N1. The highest BCUT2D eigenvalue weighted by atomic mass is 35.5. The fourth-order valence-electron chi connectivity index (χ4n) is 2.30. The van der Waals surface area contributed by atoms with Crippen molar-refractivity contribution in [2.75, 3.05) is 17.7 Å². The average molecular weight is 402 g/mol. The first-order valence-corrected chi connectivity index (χ1v) is 8.70. The number of hydrogen-bond donors (Lipinski definition) is 1. The van der Waals surface area contributed by atoms with Crippen molar-refractivity contribution < 1.29 is 27.5 Å². The zero-order valence-electron chi connectivity index (χ0n) is 13.0. The van der Waals surface area contributed by atoms with E-state index in [0.717, 1.165) is 23.9 Å². The fourth-order valence-corrected chi connectivity index (χ4v) is 3.35. The summed E-state index contributed by atoms with van der Waals surface area (Å²) in [7, 11) is 0. The lowest BCUT2D eigenvalue weighted by molar-refractivity contribution is -0.137. The monoisotopic (exact) mass is 401 g/mol. The summed E-state index contributed by atoms with van der Waals surface area (Å²) in [6.45, 7) is -0.0890. The molecule has 1 aliphatic rings. The minimum atomic E-state index is -4.56. The van der Waals surface area contributed by atoms with E-state index in [1.54, 1.807) is 12.1 Å². The molecule has 0 fully saturated rings. The molecule has 26 heavy (non-hydrogen) atoms. The van der Waals surface area contributed by atoms with Crippen molar-refractivity contribution in [1.82, 2.24) is 0 Å². The number of ketones is 1. The molecule has 0 radical (unpaired) electrons. The van der Waals surface area contributed by atoms with Crippen molar-refractivity contribution in [3.63, 3.8) is 0 Å². The molecule has 1 amide bonds. The zero-order valence-corrected chi connectivity index (χ0v) is 14.6. The van der Waals surface area contributed by atoms with Gasteiger partial charge in [0.2, 0.25) is 0 Å². The largest absolute Gasteiger partial charge is 0.482 e. The summed E-state index contributed by atoms with van der Waals surface area (Å²) in [6, 6.07) is 8.10. The Morgan fingerprint density at radius 3 is 2.73 bits per heavy atom. The van der Waals surface area contributed by atoms with Crippen LogP contribution in [-0.2, 0) is 11.0 Å². The van der Waals surface area contributed by atoms with E-state index in [-0.39, 0.29) is 28.9 Å². The number of hydrogen-bond acceptors (Lipinski definition) is 4. The van der Waals surface area contributed by atoms with Gasteiger partial charge >= 0.3 is 6.18 Å². The van der Waals surface area contributed by atoms with Gasteiger partial charge in [-0.15, -0.1) is 11.8 Å². The maximum atomic E-state index is 12.9. The number of anilines is 1. The molecule has 0 aromatic heterocycles. The number of halogens is 4. The number of rotatable bonds is 4. The highest BCUT2D eigenvalue weighted by Crippen LogP contribution is 2.37. The van der Waals surface area contributed by atoms with Gasteiger partial charge in [-0.05, 0) is 36.4 Å². The van der Waals surface area contributed by atoms with E-state index in [1.165, 1.54) is 12.1 Å². The summed E-state index contributed by atoms with van der Waals surface area (Å²) in [5.74, 6) is -0.216. The number of amides is 1. The summed E-state index contributed by atoms with van der Waals surface area (Å²) < 4.78 is 43.8. The van der Waals surface area contributed by atoms with E-state index >= 15 is 0 Å². The van der Waals surface area contributed by atoms with Gasteiger partial charge in [0.1, 0.15) is 5.75 Å². The van der Waals surface area contributed by atoms with Gasteiger partial charge in [0.05, 0.1) is 22.0 Å². The minimum Gasteiger partial charge on any atom is -0.482 e. The molecular weight excluding hydrogens is 391 g/mol. The summed E-state index contributed by atoms with van der Waals surface area (Å²) >= 11 is 6.55. The lowest BCUT2D eigenvalue weighted by atomic mass is 10.1. The van der Waals surface area contributed by atoms with Crippen LogP contribution in [0.3, 0.4) is 0 Å². The van der Waals surface area contributed by atoms with Crippen molar-refractivity contribution in [2.24, 2.45) is 0 Å². The van der Waals surface area contributed by atoms with Crippen LogP contribution in [0.15, 0.2) is 41.3 Å². The van der Waals surface area contributed by atoms with Gasteiger partial charge in [-0.3, -0.25) is 9.59 Å². The molecule has 3 rings (SSSR count). The Morgan fingerprint density at radius 1 is 1.23 bits per heavy atom. The van der Waals surface area contributed by atoms with Crippen molar-refractivity contribution in [1.29, 1.82) is 0 Å². The lowest BCUT2D eigenvalue weighted by Gasteiger charge is -2.18. The van der Waals surface area contributed by atoms with E-state index in [2.05, 4.69) is 5.32 Å². The predicted molar refractivity (Wildman–Crippen MR) is 92.1 cm³/mol. The average Bonchev–Trinajstić information content (AvgIpc) is 2.59. The van der Waals surface area contributed by atoms with Gasteiger partial charge in [0, 0.05) is 10.5 Å². The number of carbonyl (C=O) groups is 2. The quantitative estimate of drug-likeness (QED) is 0.597. The van der Waals surface area contributed by atoms with E-state index in [0.29, 0.717) is 17.0 Å². The number of nitrogens with one attached hydrogen (secondary N) is 1. The zero-order chi connectivity index (χ0) is 18.9. The first-order chi connectivity index (χ1) is 12.2. The smallest absolute Gasteiger partial charge is 0.417 e. The molecule has 0 saturated carbocycles. The second-order valence-corrected chi connectivity index (χ2v) is 6.86. The van der Waals surface area contributed by atoms with Gasteiger partial charge in [-0.2, -0.15) is 13.2 Å². The molecule has 0 bridgehead atoms. The Kier molecular flexibility index (Phi) is 5.15. The number of benzene rings is 2. The van der Waals surface area contributed by atoms with E-state index in [1.807, 2.05) is 0 Å². The Labute approximate surface area is 155 Å². The van der Waals surface area contributed by atoms with Crippen LogP contribution in [0.25, 0.3) is 0 Å². The van der Waals surface area contributed by atoms with Crippen LogP contribution in [0, 0.1) is 0 Å². The van der Waals surface area contributed by atoms with Crippen molar-refractivity contribution in [3.8, 4) is 5.75 Å². The molecule has 2 aromatic rings. The number of fused-ring (bicyclic) bond motifs is 1. The van der Waals surface area contributed by atoms with Crippen molar-refractivity contribution in [3.05, 3.63) is 52.5 Å². The van der Waals surface area contributed by atoms with Crippen molar-refractivity contribution in [2.45, 2.75) is 11.1 Å². The molecule has 1 N–H and O–H groups in total. The first kappa shape index (κ1) is 18.6. The fraction of sp³-hybridized carbons (Fsp3) is 0.176. The van der Waals surface area contributed by atoms with Crippen LogP contribution in [-0.4, -0.2) is 24.1 Å². The molecule has 0 aliphatic carbocycles. The van der Waals surface area contributed by atoms with E-state index in [4.69, 9.17) is 16.3 Å². The van der Waals surface area contributed by atoms with Gasteiger partial charge in [-0.25, -0.2) is 0 Å². The number of Topliss-reactive ketones (excluding diaryl/α,β-unsaturated/α-hetero) is 1. The third kappa shape index (κ3) is 4.13. The molecular formula is C17H11ClF3NO3S. The topological polar surface area (TPSA) is 55.4 Å². The Morgan fingerprint density at radius 2 is 2.00 bits per heavy atom. The van der Waals surface area contributed by atoms with Crippen LogP contribution < -0.4 is 10.1 Å². The van der Waals surface area contributed by atoms with Crippen molar-refractivity contribution >= 4 is 40.7 Å². The Hall–Kier alpha value is -2.19. The van der Waals surface area contributed by atoms with Crippen LogP contribution in [0.1, 0.15) is 15.9 Å². The predicted octanol–water partition coefficient (Wildman–Crippen LogP) is 4.66. The second-order valence-electron chi connectivity index (χ2n) is 5.40. The Balaban J connectivity index is 1.72. The highest BCUT2D eigenvalue weighted by molar-refractivity contribution is 8.00. The molecule has 0 unspecified atom stereocenters. The van der Waals surface area contributed by atoms with Gasteiger partial charge in [-0.1, -0.05) is 11.6 Å². The van der Waals surface area contributed by atoms with Crippen LogP contribution in [0.5, 0.6) is 5.75 Å². The van der Waals surface area contributed by atoms with Gasteiger partial charge in [0.15, 0.2) is 12.4 Å². The third-order valence-electron chi connectivity index (χ3n) is 3.55. The molecule has 1 heterocycles. The lowest BCUT2D eigenvalue weighted by Crippen LogP contribution is -2.25. The number of carbonyl (C=O) groups excluding carboxylic acids is 2. The Bertz CT molecular complexity index is 886. The van der Waals surface area contributed by atoms with Crippen LogP contribution >= 0.6 is 23.4 Å². The molecule has 9 heteroatoms. The van der Waals surface area contributed by atoms with E-state index in [9.17, 15) is 22.8 Å². The van der Waals surface area contributed by atoms with Crippen LogP contribution in [0.2, 0.25) is 5.02 Å². The summed E-state index contributed by atoms with van der Waals surface area (Å²) in [5, 5.41) is 2.21. The molecule has 136 valence electrons. The molecule has 1 aliphatic heterocycles. The van der Waals surface area contributed by atoms with Crippen LogP contribution in [0.4, 0.5) is 18.9 Å². The van der Waals surface area contributed by atoms with Gasteiger partial charge < -0.3 is 10.1 Å². The molecule has 2 aromatic carbocycles. The number of alkyl halides is 3. The summed E-state index contributed by atoms with van der Waals surface area (Å²) in [6.07, 6.45) is -4.56. The normalized spacial score (nSPS) is 13.6. The molecule has 0 spiro atoms. The number of ether oxygens (including phenoxy) is 1. The maximum absolute atomic E-state index is 12.9. The summed E-state index contributed by atoms with van der Waals surface area (Å²) in [4.78, 5) is 23.9. The van der Waals surface area contributed by atoms with Gasteiger partial charge in [0.25, 0.3) is 5.91 Å². The number of thioether (sulfide) groups is 1. The molecule has 4 nitrogen and oxygen atoms in total. The maximum Gasteiger partial charge on any atom is 0.417 e. The third-order valence-corrected chi connectivity index (χ3v) is 4.87. The molecule has 0 saturated heterocycles. The first-order valence-electron chi connectivity index (χ1n) is 7.33.